The molecule has 1 fully saturated rings. The minimum absolute atomic E-state index is 0.183. The highest BCUT2D eigenvalue weighted by atomic mass is 19.1. The summed E-state index contributed by atoms with van der Waals surface area (Å²) < 4.78 is 12.9. The van der Waals surface area contributed by atoms with E-state index in [0.717, 1.165) is 37.2 Å². The van der Waals surface area contributed by atoms with Crippen LogP contribution in [0.2, 0.25) is 0 Å². The first-order chi connectivity index (χ1) is 7.15. The summed E-state index contributed by atoms with van der Waals surface area (Å²) in [6.45, 7) is 4.39. The highest BCUT2D eigenvalue weighted by molar-refractivity contribution is 5.26. The predicted octanol–water partition coefficient (Wildman–Crippen LogP) is 1.70. The number of aliphatic hydroxyl groups excluding tert-OH is 1. The van der Waals surface area contributed by atoms with Crippen LogP contribution in [0.1, 0.15) is 17.5 Å². The number of rotatable bonds is 2. The van der Waals surface area contributed by atoms with Gasteiger partial charge in [0.2, 0.25) is 0 Å². The predicted molar refractivity (Wildman–Crippen MR) is 57.0 cm³/mol. The number of aryl methyl sites for hydroxylation is 1. The third-order valence-electron chi connectivity index (χ3n) is 2.95. The van der Waals surface area contributed by atoms with Crippen molar-refractivity contribution in [3.8, 4) is 0 Å². The van der Waals surface area contributed by atoms with Crippen molar-refractivity contribution in [1.29, 1.82) is 0 Å². The first kappa shape index (κ1) is 10.6. The van der Waals surface area contributed by atoms with Crippen molar-refractivity contribution < 1.29 is 9.50 Å². The van der Waals surface area contributed by atoms with Crippen molar-refractivity contribution in [3.05, 3.63) is 35.1 Å². The molecule has 1 unspecified atom stereocenters. The molecule has 0 aliphatic carbocycles. The standard InChI is InChI=1S/C12H16FNO/c1-9-6-11(13)3-2-10(9)7-14-5-4-12(15)8-14/h2-3,6,12,15H,4-5,7-8H2,1H3. The van der Waals surface area contributed by atoms with Crippen LogP contribution < -0.4 is 0 Å². The van der Waals surface area contributed by atoms with E-state index >= 15 is 0 Å². The van der Waals surface area contributed by atoms with E-state index in [-0.39, 0.29) is 11.9 Å². The van der Waals surface area contributed by atoms with Crippen LogP contribution in [0.5, 0.6) is 0 Å². The Balaban J connectivity index is 2.04. The molecule has 0 bridgehead atoms. The Labute approximate surface area is 89.3 Å². The number of halogens is 1. The lowest BCUT2D eigenvalue weighted by atomic mass is 10.1. The monoisotopic (exact) mass is 209 g/mol. The molecule has 3 heteroatoms. The molecular weight excluding hydrogens is 193 g/mol. The summed E-state index contributed by atoms with van der Waals surface area (Å²) in [5, 5.41) is 9.39. The van der Waals surface area contributed by atoms with Crippen molar-refractivity contribution in [1.82, 2.24) is 4.90 Å². The van der Waals surface area contributed by atoms with Gasteiger partial charge in [-0.1, -0.05) is 6.07 Å². The summed E-state index contributed by atoms with van der Waals surface area (Å²) in [5.74, 6) is -0.183. The number of hydrogen-bond donors (Lipinski definition) is 1. The first-order valence-corrected chi connectivity index (χ1v) is 5.30. The number of hydrogen-bond acceptors (Lipinski definition) is 2. The Hall–Kier alpha value is -0.930. The number of likely N-dealkylation sites (tertiary alicyclic amines) is 1. The Morgan fingerprint density at radius 1 is 1.53 bits per heavy atom. The van der Waals surface area contributed by atoms with E-state index in [4.69, 9.17) is 0 Å². The van der Waals surface area contributed by atoms with Crippen molar-refractivity contribution in [2.75, 3.05) is 13.1 Å². The van der Waals surface area contributed by atoms with Gasteiger partial charge in [0.1, 0.15) is 5.82 Å². The van der Waals surface area contributed by atoms with Crippen molar-refractivity contribution in [3.63, 3.8) is 0 Å². The average Bonchev–Trinajstić information content (AvgIpc) is 2.56. The van der Waals surface area contributed by atoms with Crippen LogP contribution in [0.25, 0.3) is 0 Å². The largest absolute Gasteiger partial charge is 0.392 e. The molecule has 2 rings (SSSR count). The molecule has 0 aromatic heterocycles. The van der Waals surface area contributed by atoms with Crippen molar-refractivity contribution >= 4 is 0 Å². The summed E-state index contributed by atoms with van der Waals surface area (Å²) in [6.07, 6.45) is 0.658. The Morgan fingerprint density at radius 2 is 2.33 bits per heavy atom. The van der Waals surface area contributed by atoms with Crippen LogP contribution >= 0.6 is 0 Å². The molecule has 0 amide bonds. The topological polar surface area (TPSA) is 23.5 Å². The fraction of sp³-hybridized carbons (Fsp3) is 0.500. The van der Waals surface area contributed by atoms with Crippen LogP contribution in [0.15, 0.2) is 18.2 Å². The lowest BCUT2D eigenvalue weighted by Crippen LogP contribution is -2.21. The molecule has 0 radical (unpaired) electrons. The number of β-amino-alcohol motifs (C(OH)–C–C–N with tert-alkyl or cyclic N) is 1. The fourth-order valence-electron chi connectivity index (χ4n) is 2.03. The molecule has 1 aliphatic heterocycles. The molecule has 15 heavy (non-hydrogen) atoms. The Bertz CT molecular complexity index is 353. The van der Waals surface area contributed by atoms with Gasteiger partial charge in [0.05, 0.1) is 6.10 Å². The molecule has 1 aromatic carbocycles. The summed E-state index contributed by atoms with van der Waals surface area (Å²) in [5.41, 5.74) is 2.13. The SMILES string of the molecule is Cc1cc(F)ccc1CN1CCC(O)C1. The number of nitrogens with zero attached hydrogens (tertiary/aromatic N) is 1. The summed E-state index contributed by atoms with van der Waals surface area (Å²) in [4.78, 5) is 2.20. The smallest absolute Gasteiger partial charge is 0.123 e. The molecule has 1 N–H and O–H groups in total. The minimum Gasteiger partial charge on any atom is -0.392 e. The van der Waals surface area contributed by atoms with Gasteiger partial charge in [-0.15, -0.1) is 0 Å². The average molecular weight is 209 g/mol. The molecule has 1 atom stereocenters. The zero-order valence-electron chi connectivity index (χ0n) is 8.91. The van der Waals surface area contributed by atoms with E-state index in [9.17, 15) is 9.50 Å². The van der Waals surface area contributed by atoms with Gasteiger partial charge in [-0.25, -0.2) is 4.39 Å². The first-order valence-electron chi connectivity index (χ1n) is 5.30. The van der Waals surface area contributed by atoms with Gasteiger partial charge in [-0.2, -0.15) is 0 Å². The van der Waals surface area contributed by atoms with Crippen LogP contribution in [0.4, 0.5) is 4.39 Å². The van der Waals surface area contributed by atoms with Crippen LogP contribution in [0, 0.1) is 12.7 Å². The van der Waals surface area contributed by atoms with E-state index < -0.39 is 0 Å². The maximum atomic E-state index is 12.9. The molecule has 0 spiro atoms. The van der Waals surface area contributed by atoms with Gasteiger partial charge >= 0.3 is 0 Å². The molecule has 82 valence electrons. The molecule has 1 heterocycles. The summed E-state index contributed by atoms with van der Waals surface area (Å²) in [7, 11) is 0. The maximum Gasteiger partial charge on any atom is 0.123 e. The molecular formula is C12H16FNO. The lowest BCUT2D eigenvalue weighted by Gasteiger charge is -2.16. The molecule has 0 saturated carbocycles. The Morgan fingerprint density at radius 3 is 2.93 bits per heavy atom. The fourth-order valence-corrected chi connectivity index (χ4v) is 2.03. The second-order valence-corrected chi connectivity index (χ2v) is 4.25. The van der Waals surface area contributed by atoms with Crippen molar-refractivity contribution in [2.24, 2.45) is 0 Å². The van der Waals surface area contributed by atoms with E-state index in [2.05, 4.69) is 4.90 Å². The van der Waals surface area contributed by atoms with Gasteiger partial charge < -0.3 is 5.11 Å². The van der Waals surface area contributed by atoms with E-state index in [1.165, 1.54) is 6.07 Å². The van der Waals surface area contributed by atoms with Crippen LogP contribution in [-0.4, -0.2) is 29.2 Å². The second-order valence-electron chi connectivity index (χ2n) is 4.25. The van der Waals surface area contributed by atoms with Gasteiger partial charge in [-0.05, 0) is 36.6 Å². The third kappa shape index (κ3) is 2.55. The number of aliphatic hydroxyl groups is 1. The minimum atomic E-state index is -0.189. The third-order valence-corrected chi connectivity index (χ3v) is 2.95. The van der Waals surface area contributed by atoms with Crippen LogP contribution in [-0.2, 0) is 6.54 Å². The van der Waals surface area contributed by atoms with Gasteiger partial charge in [0.15, 0.2) is 0 Å². The van der Waals surface area contributed by atoms with Crippen LogP contribution in [0.3, 0.4) is 0 Å². The summed E-state index contributed by atoms with van der Waals surface area (Å²) in [6, 6.07) is 4.88. The zero-order chi connectivity index (χ0) is 10.8. The zero-order valence-corrected chi connectivity index (χ0v) is 8.91. The van der Waals surface area contributed by atoms with Crippen molar-refractivity contribution in [2.45, 2.75) is 26.0 Å². The van der Waals surface area contributed by atoms with E-state index in [0.29, 0.717) is 0 Å². The lowest BCUT2D eigenvalue weighted by molar-refractivity contribution is 0.174. The Kier molecular flexibility index (Phi) is 3.03. The second kappa shape index (κ2) is 4.29. The van der Waals surface area contributed by atoms with Gasteiger partial charge in [0, 0.05) is 19.6 Å². The summed E-state index contributed by atoms with van der Waals surface area (Å²) >= 11 is 0. The molecule has 1 aromatic rings. The normalized spacial score (nSPS) is 22.2. The van der Waals surface area contributed by atoms with E-state index in [1.54, 1.807) is 6.07 Å². The molecule has 2 nitrogen and oxygen atoms in total. The molecule has 1 aliphatic rings. The van der Waals surface area contributed by atoms with Gasteiger partial charge in [-0.3, -0.25) is 4.90 Å². The molecule has 1 saturated heterocycles. The quantitative estimate of drug-likeness (QED) is 0.801. The highest BCUT2D eigenvalue weighted by Crippen LogP contribution is 2.16. The maximum absolute atomic E-state index is 12.9. The number of benzene rings is 1. The van der Waals surface area contributed by atoms with E-state index in [1.807, 2.05) is 13.0 Å². The van der Waals surface area contributed by atoms with Gasteiger partial charge in [0.25, 0.3) is 0 Å². The highest BCUT2D eigenvalue weighted by Gasteiger charge is 2.20.